The lowest BCUT2D eigenvalue weighted by atomic mass is 9.76. The summed E-state index contributed by atoms with van der Waals surface area (Å²) in [7, 11) is 0. The molecule has 0 aromatic heterocycles. The molecule has 3 nitrogen and oxygen atoms in total. The van der Waals surface area contributed by atoms with Crippen molar-refractivity contribution in [1.29, 1.82) is 0 Å². The number of carbonyl (C=O) groups excluding carboxylic acids is 1. The summed E-state index contributed by atoms with van der Waals surface area (Å²) < 4.78 is 5.39. The van der Waals surface area contributed by atoms with Crippen molar-refractivity contribution in [1.82, 2.24) is 4.90 Å². The van der Waals surface area contributed by atoms with Gasteiger partial charge < -0.3 is 9.64 Å². The van der Waals surface area contributed by atoms with Crippen molar-refractivity contribution in [2.24, 2.45) is 0 Å². The van der Waals surface area contributed by atoms with Crippen molar-refractivity contribution >= 4 is 5.91 Å². The molecule has 1 unspecified atom stereocenters. The molecule has 0 saturated carbocycles. The Morgan fingerprint density at radius 2 is 1.57 bits per heavy atom. The molecule has 1 atom stereocenters. The van der Waals surface area contributed by atoms with Gasteiger partial charge in [-0.2, -0.15) is 0 Å². The van der Waals surface area contributed by atoms with Gasteiger partial charge >= 0.3 is 0 Å². The van der Waals surface area contributed by atoms with Crippen LogP contribution in [0.15, 0.2) is 60.7 Å². The Balaban J connectivity index is 1.94. The molecule has 2 aromatic rings. The van der Waals surface area contributed by atoms with Gasteiger partial charge in [0.2, 0.25) is 5.91 Å². The van der Waals surface area contributed by atoms with E-state index < -0.39 is 5.41 Å². The minimum Gasteiger partial charge on any atom is -0.378 e. The number of nitrogens with zero attached hydrogens (tertiary/aromatic N) is 1. The number of ether oxygens (including phenoxy) is 1. The summed E-state index contributed by atoms with van der Waals surface area (Å²) in [5.41, 5.74) is 1.70. The van der Waals surface area contributed by atoms with Crippen LogP contribution >= 0.6 is 0 Å². The average molecular weight is 309 g/mol. The minimum absolute atomic E-state index is 0.191. The van der Waals surface area contributed by atoms with Crippen molar-refractivity contribution in [2.75, 3.05) is 26.3 Å². The van der Waals surface area contributed by atoms with Crippen LogP contribution in [-0.2, 0) is 21.4 Å². The van der Waals surface area contributed by atoms with Crippen LogP contribution in [0.2, 0.25) is 0 Å². The van der Waals surface area contributed by atoms with Gasteiger partial charge in [0.15, 0.2) is 0 Å². The molecule has 2 aromatic carbocycles. The van der Waals surface area contributed by atoms with E-state index in [9.17, 15) is 4.79 Å². The monoisotopic (exact) mass is 309 g/mol. The molecular weight excluding hydrogens is 286 g/mol. The van der Waals surface area contributed by atoms with E-state index in [2.05, 4.69) is 31.2 Å². The van der Waals surface area contributed by atoms with Gasteiger partial charge in [-0.15, -0.1) is 0 Å². The molecular formula is C20H23NO2. The Morgan fingerprint density at radius 1 is 1.00 bits per heavy atom. The second-order valence-corrected chi connectivity index (χ2v) is 6.27. The van der Waals surface area contributed by atoms with Crippen molar-refractivity contribution < 1.29 is 9.53 Å². The molecule has 1 saturated heterocycles. The van der Waals surface area contributed by atoms with E-state index in [1.807, 2.05) is 41.3 Å². The average Bonchev–Trinajstić information content (AvgIpc) is 2.63. The molecule has 0 spiro atoms. The van der Waals surface area contributed by atoms with Crippen molar-refractivity contribution in [3.63, 3.8) is 0 Å². The van der Waals surface area contributed by atoms with Gasteiger partial charge in [0, 0.05) is 13.1 Å². The van der Waals surface area contributed by atoms with E-state index in [4.69, 9.17) is 4.74 Å². The van der Waals surface area contributed by atoms with Crippen LogP contribution in [0.5, 0.6) is 0 Å². The highest BCUT2D eigenvalue weighted by Crippen LogP contribution is 2.31. The first-order chi connectivity index (χ1) is 11.2. The van der Waals surface area contributed by atoms with Crippen LogP contribution in [0.4, 0.5) is 0 Å². The molecule has 1 heterocycles. The molecule has 0 bridgehead atoms. The molecule has 0 radical (unpaired) electrons. The Kier molecular flexibility index (Phi) is 4.77. The fourth-order valence-corrected chi connectivity index (χ4v) is 3.23. The fourth-order valence-electron chi connectivity index (χ4n) is 3.23. The van der Waals surface area contributed by atoms with Crippen LogP contribution in [0.25, 0.3) is 0 Å². The predicted molar refractivity (Wildman–Crippen MR) is 91.3 cm³/mol. The fraction of sp³-hybridized carbons (Fsp3) is 0.350. The SMILES string of the molecule is CC(Cc1ccccc1)(C(=O)N1CCOCC1)c1ccccc1. The molecule has 1 aliphatic heterocycles. The van der Waals surface area contributed by atoms with E-state index in [0.29, 0.717) is 32.7 Å². The summed E-state index contributed by atoms with van der Waals surface area (Å²) in [4.78, 5) is 15.2. The highest BCUT2D eigenvalue weighted by molar-refractivity contribution is 5.88. The highest BCUT2D eigenvalue weighted by atomic mass is 16.5. The highest BCUT2D eigenvalue weighted by Gasteiger charge is 2.38. The summed E-state index contributed by atoms with van der Waals surface area (Å²) >= 11 is 0. The summed E-state index contributed by atoms with van der Waals surface area (Å²) in [6, 6.07) is 20.4. The Bertz CT molecular complexity index is 635. The van der Waals surface area contributed by atoms with E-state index >= 15 is 0 Å². The van der Waals surface area contributed by atoms with E-state index in [1.165, 1.54) is 5.56 Å². The third-order valence-corrected chi connectivity index (χ3v) is 4.58. The summed E-state index contributed by atoms with van der Waals surface area (Å²) in [6.07, 6.45) is 0.702. The molecule has 1 fully saturated rings. The van der Waals surface area contributed by atoms with Gasteiger partial charge in [0.1, 0.15) is 0 Å². The van der Waals surface area contributed by atoms with Gasteiger partial charge in [0.05, 0.1) is 18.6 Å². The van der Waals surface area contributed by atoms with Gasteiger partial charge in [-0.3, -0.25) is 4.79 Å². The van der Waals surface area contributed by atoms with Crippen LogP contribution in [0.3, 0.4) is 0 Å². The first kappa shape index (κ1) is 15.8. The summed E-state index contributed by atoms with van der Waals surface area (Å²) in [5.74, 6) is 0.191. The zero-order chi connectivity index (χ0) is 16.1. The lowest BCUT2D eigenvalue weighted by molar-refractivity contribution is -0.141. The third-order valence-electron chi connectivity index (χ3n) is 4.58. The first-order valence-corrected chi connectivity index (χ1v) is 8.17. The Hall–Kier alpha value is -2.13. The zero-order valence-corrected chi connectivity index (χ0v) is 13.6. The number of rotatable bonds is 4. The van der Waals surface area contributed by atoms with Crippen molar-refractivity contribution in [3.05, 3.63) is 71.8 Å². The second kappa shape index (κ2) is 6.97. The van der Waals surface area contributed by atoms with Gasteiger partial charge in [-0.05, 0) is 24.5 Å². The number of hydrogen-bond donors (Lipinski definition) is 0. The molecule has 0 aliphatic carbocycles. The first-order valence-electron chi connectivity index (χ1n) is 8.17. The number of benzene rings is 2. The summed E-state index contributed by atoms with van der Waals surface area (Å²) in [5, 5.41) is 0. The van der Waals surface area contributed by atoms with Crippen LogP contribution < -0.4 is 0 Å². The van der Waals surface area contributed by atoms with Gasteiger partial charge in [-0.25, -0.2) is 0 Å². The molecule has 1 amide bonds. The predicted octanol–water partition coefficient (Wildman–Crippen LogP) is 3.05. The van der Waals surface area contributed by atoms with Crippen LogP contribution in [0, 0.1) is 0 Å². The minimum atomic E-state index is -0.556. The third kappa shape index (κ3) is 3.45. The number of carbonyl (C=O) groups is 1. The number of morpholine rings is 1. The molecule has 23 heavy (non-hydrogen) atoms. The Morgan fingerprint density at radius 3 is 2.17 bits per heavy atom. The molecule has 1 aliphatic rings. The maximum atomic E-state index is 13.3. The quantitative estimate of drug-likeness (QED) is 0.869. The normalized spacial score (nSPS) is 17.5. The maximum absolute atomic E-state index is 13.3. The number of amides is 1. The van der Waals surface area contributed by atoms with E-state index in [1.54, 1.807) is 0 Å². The smallest absolute Gasteiger partial charge is 0.233 e. The Labute approximate surface area is 137 Å². The summed E-state index contributed by atoms with van der Waals surface area (Å²) in [6.45, 7) is 4.67. The van der Waals surface area contributed by atoms with Gasteiger partial charge in [-0.1, -0.05) is 60.7 Å². The molecule has 3 heteroatoms. The van der Waals surface area contributed by atoms with E-state index in [0.717, 1.165) is 5.56 Å². The second-order valence-electron chi connectivity index (χ2n) is 6.27. The molecule has 120 valence electrons. The topological polar surface area (TPSA) is 29.5 Å². The standard InChI is InChI=1S/C20H23NO2/c1-20(18-10-6-3-7-11-18,16-17-8-4-2-5-9-17)19(22)21-12-14-23-15-13-21/h2-11H,12-16H2,1H3. The molecule has 0 N–H and O–H groups in total. The maximum Gasteiger partial charge on any atom is 0.233 e. The zero-order valence-electron chi connectivity index (χ0n) is 13.6. The van der Waals surface area contributed by atoms with Gasteiger partial charge in [0.25, 0.3) is 0 Å². The van der Waals surface area contributed by atoms with E-state index in [-0.39, 0.29) is 5.91 Å². The molecule has 3 rings (SSSR count). The largest absolute Gasteiger partial charge is 0.378 e. The lowest BCUT2D eigenvalue weighted by Crippen LogP contribution is -2.50. The van der Waals surface area contributed by atoms with Crippen LogP contribution in [0.1, 0.15) is 18.1 Å². The van der Waals surface area contributed by atoms with Crippen molar-refractivity contribution in [3.8, 4) is 0 Å². The lowest BCUT2D eigenvalue weighted by Gasteiger charge is -2.37. The van der Waals surface area contributed by atoms with Crippen LogP contribution in [-0.4, -0.2) is 37.1 Å². The number of hydrogen-bond acceptors (Lipinski definition) is 2. The van der Waals surface area contributed by atoms with Crippen molar-refractivity contribution in [2.45, 2.75) is 18.8 Å².